The molecule has 1 saturated heterocycles. The molecule has 18 heavy (non-hydrogen) atoms. The molecule has 0 aromatic carbocycles. The fourth-order valence-corrected chi connectivity index (χ4v) is 3.92. The van der Waals surface area contributed by atoms with Crippen molar-refractivity contribution in [3.05, 3.63) is 0 Å². The summed E-state index contributed by atoms with van der Waals surface area (Å²) < 4.78 is 5.74. The molecule has 0 aromatic rings. The molecule has 1 unspecified atom stereocenters. The van der Waals surface area contributed by atoms with Crippen LogP contribution in [0.2, 0.25) is 0 Å². The molecule has 1 atom stereocenters. The molecular formula is C15H30N2O. The maximum atomic E-state index is 6.12. The van der Waals surface area contributed by atoms with Crippen LogP contribution in [-0.4, -0.2) is 42.3 Å². The van der Waals surface area contributed by atoms with Gasteiger partial charge in [-0.25, -0.2) is 0 Å². The first-order chi connectivity index (χ1) is 8.75. The Balaban J connectivity index is 1.98. The Kier molecular flexibility index (Phi) is 5.05. The van der Waals surface area contributed by atoms with Crippen LogP contribution in [0.1, 0.15) is 58.8 Å². The second kappa shape index (κ2) is 6.36. The Morgan fingerprint density at radius 2 is 2.06 bits per heavy atom. The highest BCUT2D eigenvalue weighted by Gasteiger charge is 2.50. The molecule has 0 aromatic heterocycles. The van der Waals surface area contributed by atoms with Gasteiger partial charge in [-0.15, -0.1) is 0 Å². The number of nitrogens with two attached hydrogens (primary N) is 1. The average molecular weight is 254 g/mol. The van der Waals surface area contributed by atoms with E-state index < -0.39 is 0 Å². The van der Waals surface area contributed by atoms with E-state index in [1.54, 1.807) is 0 Å². The summed E-state index contributed by atoms with van der Waals surface area (Å²) in [5, 5.41) is 0. The van der Waals surface area contributed by atoms with E-state index in [1.165, 1.54) is 38.6 Å². The summed E-state index contributed by atoms with van der Waals surface area (Å²) in [4.78, 5) is 2.75. The predicted octanol–water partition coefficient (Wildman–Crippen LogP) is 2.54. The Bertz CT molecular complexity index is 249. The van der Waals surface area contributed by atoms with Crippen LogP contribution in [0.15, 0.2) is 0 Å². The highest BCUT2D eigenvalue weighted by molar-refractivity contribution is 5.06. The van der Waals surface area contributed by atoms with Gasteiger partial charge in [-0.3, -0.25) is 4.90 Å². The van der Waals surface area contributed by atoms with Gasteiger partial charge in [0.05, 0.1) is 6.10 Å². The van der Waals surface area contributed by atoms with Crippen molar-refractivity contribution in [2.75, 3.05) is 19.7 Å². The Hall–Kier alpha value is -0.120. The summed E-state index contributed by atoms with van der Waals surface area (Å²) in [5.74, 6) is 0. The van der Waals surface area contributed by atoms with Crippen LogP contribution in [0.4, 0.5) is 0 Å². The molecule has 0 bridgehead atoms. The van der Waals surface area contributed by atoms with E-state index in [0.717, 1.165) is 32.0 Å². The number of hydrogen-bond donors (Lipinski definition) is 1. The number of likely N-dealkylation sites (tertiary alicyclic amines) is 1. The molecule has 1 aliphatic carbocycles. The van der Waals surface area contributed by atoms with Crippen molar-refractivity contribution >= 4 is 0 Å². The van der Waals surface area contributed by atoms with Crippen molar-refractivity contribution in [1.29, 1.82) is 0 Å². The minimum Gasteiger partial charge on any atom is -0.378 e. The van der Waals surface area contributed by atoms with Gasteiger partial charge >= 0.3 is 0 Å². The third kappa shape index (κ3) is 2.73. The van der Waals surface area contributed by atoms with E-state index in [2.05, 4.69) is 18.7 Å². The number of ether oxygens (including phenoxy) is 1. The first-order valence-electron chi connectivity index (χ1n) is 7.84. The molecule has 2 N–H and O–H groups in total. The van der Waals surface area contributed by atoms with Crippen LogP contribution < -0.4 is 5.73 Å². The molecule has 1 aliphatic heterocycles. The second-order valence-corrected chi connectivity index (χ2v) is 6.05. The summed E-state index contributed by atoms with van der Waals surface area (Å²) in [6.07, 6.45) is 9.50. The lowest BCUT2D eigenvalue weighted by atomic mass is 9.71. The Morgan fingerprint density at radius 1 is 1.28 bits per heavy atom. The molecule has 2 fully saturated rings. The Labute approximate surface area is 112 Å². The fourth-order valence-electron chi connectivity index (χ4n) is 3.92. The van der Waals surface area contributed by atoms with Crippen molar-refractivity contribution in [1.82, 2.24) is 4.90 Å². The van der Waals surface area contributed by atoms with Crippen LogP contribution in [0.5, 0.6) is 0 Å². The number of nitrogens with zero attached hydrogens (tertiary/aromatic N) is 1. The highest BCUT2D eigenvalue weighted by atomic mass is 16.5. The maximum absolute atomic E-state index is 6.12. The molecule has 0 radical (unpaired) electrons. The van der Waals surface area contributed by atoms with Crippen molar-refractivity contribution in [2.45, 2.75) is 76.5 Å². The quantitative estimate of drug-likeness (QED) is 0.791. The SMILES string of the molecule is CCCC1CCCCN1C1(CN)CC(OCC)C1. The second-order valence-electron chi connectivity index (χ2n) is 6.05. The summed E-state index contributed by atoms with van der Waals surface area (Å²) in [6.45, 7) is 7.27. The molecule has 3 nitrogen and oxygen atoms in total. The number of piperidine rings is 1. The van der Waals surface area contributed by atoms with E-state index in [9.17, 15) is 0 Å². The van der Waals surface area contributed by atoms with E-state index >= 15 is 0 Å². The van der Waals surface area contributed by atoms with Crippen molar-refractivity contribution in [2.24, 2.45) is 5.73 Å². The highest BCUT2D eigenvalue weighted by Crippen LogP contribution is 2.42. The van der Waals surface area contributed by atoms with Crippen molar-refractivity contribution in [3.63, 3.8) is 0 Å². The van der Waals surface area contributed by atoms with Gasteiger partial charge in [0.1, 0.15) is 0 Å². The van der Waals surface area contributed by atoms with E-state index in [0.29, 0.717) is 6.10 Å². The summed E-state index contributed by atoms with van der Waals surface area (Å²) in [7, 11) is 0. The first kappa shape index (κ1) is 14.3. The van der Waals surface area contributed by atoms with E-state index in [-0.39, 0.29) is 5.54 Å². The van der Waals surface area contributed by atoms with Gasteiger partial charge in [0, 0.05) is 24.7 Å². The predicted molar refractivity (Wildman–Crippen MR) is 75.7 cm³/mol. The third-order valence-corrected chi connectivity index (χ3v) is 4.86. The lowest BCUT2D eigenvalue weighted by molar-refractivity contribution is -0.121. The molecule has 2 aliphatic rings. The van der Waals surface area contributed by atoms with E-state index in [4.69, 9.17) is 10.5 Å². The van der Waals surface area contributed by atoms with Crippen LogP contribution in [-0.2, 0) is 4.74 Å². The maximum Gasteiger partial charge on any atom is 0.0611 e. The largest absolute Gasteiger partial charge is 0.378 e. The summed E-state index contributed by atoms with van der Waals surface area (Å²) in [5.41, 5.74) is 6.38. The zero-order chi connectivity index (χ0) is 13.0. The minimum absolute atomic E-state index is 0.264. The lowest BCUT2D eigenvalue weighted by Crippen LogP contribution is -2.67. The van der Waals surface area contributed by atoms with Crippen LogP contribution in [0, 0.1) is 0 Å². The zero-order valence-electron chi connectivity index (χ0n) is 12.2. The smallest absolute Gasteiger partial charge is 0.0611 e. The Morgan fingerprint density at radius 3 is 2.67 bits per heavy atom. The van der Waals surface area contributed by atoms with Gasteiger partial charge in [-0.05, 0) is 45.6 Å². The molecule has 3 heteroatoms. The molecule has 1 heterocycles. The first-order valence-corrected chi connectivity index (χ1v) is 7.84. The number of hydrogen-bond acceptors (Lipinski definition) is 3. The average Bonchev–Trinajstić information content (AvgIpc) is 2.35. The standard InChI is InChI=1S/C15H30N2O/c1-3-7-13-8-5-6-9-17(13)15(12-16)10-14(11-15)18-4-2/h13-14H,3-12,16H2,1-2H3. The van der Waals surface area contributed by atoms with Gasteiger partial charge in [-0.1, -0.05) is 19.8 Å². The zero-order valence-corrected chi connectivity index (χ0v) is 12.2. The third-order valence-electron chi connectivity index (χ3n) is 4.86. The van der Waals surface area contributed by atoms with Crippen molar-refractivity contribution in [3.8, 4) is 0 Å². The van der Waals surface area contributed by atoms with Gasteiger partial charge in [-0.2, -0.15) is 0 Å². The topological polar surface area (TPSA) is 38.5 Å². The molecule has 0 amide bonds. The van der Waals surface area contributed by atoms with Crippen LogP contribution in [0.3, 0.4) is 0 Å². The summed E-state index contributed by atoms with van der Waals surface area (Å²) in [6, 6.07) is 0.773. The van der Waals surface area contributed by atoms with Gasteiger partial charge in [0.25, 0.3) is 0 Å². The van der Waals surface area contributed by atoms with Crippen LogP contribution in [0.25, 0.3) is 0 Å². The minimum atomic E-state index is 0.264. The lowest BCUT2D eigenvalue weighted by Gasteiger charge is -2.57. The number of rotatable bonds is 6. The molecule has 2 rings (SSSR count). The normalized spacial score (nSPS) is 37.5. The molecule has 106 valence electrons. The monoisotopic (exact) mass is 254 g/mol. The molecular weight excluding hydrogens is 224 g/mol. The van der Waals surface area contributed by atoms with Crippen molar-refractivity contribution < 1.29 is 4.74 Å². The summed E-state index contributed by atoms with van der Waals surface area (Å²) >= 11 is 0. The molecule has 1 saturated carbocycles. The fraction of sp³-hybridized carbons (Fsp3) is 1.00. The van der Waals surface area contributed by atoms with Gasteiger partial charge in [0.2, 0.25) is 0 Å². The van der Waals surface area contributed by atoms with Gasteiger partial charge < -0.3 is 10.5 Å². The van der Waals surface area contributed by atoms with Crippen LogP contribution >= 0.6 is 0 Å². The van der Waals surface area contributed by atoms with Gasteiger partial charge in [0.15, 0.2) is 0 Å². The van der Waals surface area contributed by atoms with E-state index in [1.807, 2.05) is 0 Å². The molecule has 0 spiro atoms.